The molecule has 7 heteroatoms. The molecule has 2 N–H and O–H groups in total. The molecule has 3 aromatic rings. The lowest BCUT2D eigenvalue weighted by molar-refractivity contribution is 0.0697. The summed E-state index contributed by atoms with van der Waals surface area (Å²) in [5.41, 5.74) is -0.709. The van der Waals surface area contributed by atoms with Crippen LogP contribution in [0, 0.1) is 0 Å². The summed E-state index contributed by atoms with van der Waals surface area (Å²) in [5.74, 6) is -1.14. The van der Waals surface area contributed by atoms with Gasteiger partial charge in [0.05, 0.1) is 22.2 Å². The number of fused-ring (bicyclic) bond motifs is 1. The summed E-state index contributed by atoms with van der Waals surface area (Å²) >= 11 is 5.88. The third-order valence-electron chi connectivity index (χ3n) is 3.21. The van der Waals surface area contributed by atoms with Gasteiger partial charge in [0.15, 0.2) is 0 Å². The van der Waals surface area contributed by atoms with Crippen LogP contribution in [0.3, 0.4) is 0 Å². The third kappa shape index (κ3) is 2.29. The Labute approximate surface area is 128 Å². The van der Waals surface area contributed by atoms with Crippen LogP contribution >= 0.6 is 11.6 Å². The number of nitrogens with one attached hydrogen (secondary N) is 1. The van der Waals surface area contributed by atoms with E-state index in [4.69, 9.17) is 16.7 Å². The van der Waals surface area contributed by atoms with Crippen molar-refractivity contribution in [3.8, 4) is 5.69 Å². The highest BCUT2D eigenvalue weighted by atomic mass is 35.5. The van der Waals surface area contributed by atoms with E-state index in [1.807, 2.05) is 0 Å². The van der Waals surface area contributed by atoms with Crippen molar-refractivity contribution in [1.29, 1.82) is 0 Å². The fourth-order valence-corrected chi connectivity index (χ4v) is 2.39. The van der Waals surface area contributed by atoms with Crippen LogP contribution in [0.5, 0.6) is 0 Å². The maximum Gasteiger partial charge on any atom is 0.335 e. The second kappa shape index (κ2) is 5.16. The van der Waals surface area contributed by atoms with Gasteiger partial charge in [0.1, 0.15) is 0 Å². The molecule has 2 aromatic carbocycles. The van der Waals surface area contributed by atoms with E-state index in [2.05, 4.69) is 4.98 Å². The number of nitrogens with zero attached hydrogens (tertiary/aromatic N) is 1. The van der Waals surface area contributed by atoms with Gasteiger partial charge in [0.2, 0.25) is 0 Å². The number of rotatable bonds is 2. The number of halogens is 1. The highest BCUT2D eigenvalue weighted by Gasteiger charge is 2.12. The Kier molecular flexibility index (Phi) is 3.30. The van der Waals surface area contributed by atoms with Crippen molar-refractivity contribution < 1.29 is 9.90 Å². The normalized spacial score (nSPS) is 10.8. The fraction of sp³-hybridized carbons (Fsp3) is 0. The van der Waals surface area contributed by atoms with Crippen LogP contribution in [-0.4, -0.2) is 20.6 Å². The van der Waals surface area contributed by atoms with Crippen molar-refractivity contribution in [1.82, 2.24) is 9.55 Å². The second-order valence-electron chi connectivity index (χ2n) is 4.62. The Balaban J connectivity index is 2.35. The smallest absolute Gasteiger partial charge is 0.335 e. The van der Waals surface area contributed by atoms with Crippen LogP contribution < -0.4 is 11.2 Å². The number of hydrogen-bond donors (Lipinski definition) is 2. The van der Waals surface area contributed by atoms with E-state index in [1.165, 1.54) is 24.3 Å². The summed E-state index contributed by atoms with van der Waals surface area (Å²) in [6.45, 7) is 0. The van der Waals surface area contributed by atoms with E-state index in [1.54, 1.807) is 18.2 Å². The van der Waals surface area contributed by atoms with Gasteiger partial charge in [-0.2, -0.15) is 0 Å². The molecule has 0 saturated heterocycles. The predicted molar refractivity (Wildman–Crippen MR) is 82.1 cm³/mol. The van der Waals surface area contributed by atoms with Gasteiger partial charge in [-0.15, -0.1) is 0 Å². The molecule has 0 fully saturated rings. The average molecular weight is 317 g/mol. The van der Waals surface area contributed by atoms with Crippen molar-refractivity contribution >= 4 is 28.5 Å². The van der Waals surface area contributed by atoms with Gasteiger partial charge in [-0.3, -0.25) is 4.79 Å². The van der Waals surface area contributed by atoms with Crippen LogP contribution in [-0.2, 0) is 0 Å². The van der Waals surface area contributed by atoms with Gasteiger partial charge >= 0.3 is 11.7 Å². The minimum Gasteiger partial charge on any atom is -0.478 e. The zero-order valence-corrected chi connectivity index (χ0v) is 11.8. The van der Waals surface area contributed by atoms with Gasteiger partial charge < -0.3 is 10.1 Å². The third-order valence-corrected chi connectivity index (χ3v) is 3.45. The largest absolute Gasteiger partial charge is 0.478 e. The van der Waals surface area contributed by atoms with E-state index in [0.717, 1.165) is 4.57 Å². The maximum absolute atomic E-state index is 12.5. The number of aromatic nitrogens is 2. The molecule has 3 rings (SSSR count). The van der Waals surface area contributed by atoms with Gasteiger partial charge in [0.25, 0.3) is 5.56 Å². The molecule has 22 heavy (non-hydrogen) atoms. The van der Waals surface area contributed by atoms with E-state index < -0.39 is 17.2 Å². The first-order valence-corrected chi connectivity index (χ1v) is 6.63. The van der Waals surface area contributed by atoms with Gasteiger partial charge in [-0.1, -0.05) is 17.7 Å². The zero-order valence-electron chi connectivity index (χ0n) is 11.0. The van der Waals surface area contributed by atoms with E-state index in [-0.39, 0.29) is 16.5 Å². The summed E-state index contributed by atoms with van der Waals surface area (Å²) in [6, 6.07) is 10.3. The molecule has 6 nitrogen and oxygen atoms in total. The number of carbonyl (C=O) groups is 1. The molecule has 0 amide bonds. The standard InChI is InChI=1S/C15H9ClN2O4/c16-9-2-1-3-10(7-9)18-13(19)11-5-4-8(14(20)21)6-12(11)17-15(18)22/h1-7H,(H,17,22)(H,20,21). The van der Waals surface area contributed by atoms with Crippen LogP contribution in [0.2, 0.25) is 5.02 Å². The van der Waals surface area contributed by atoms with Gasteiger partial charge in [-0.25, -0.2) is 14.2 Å². The SMILES string of the molecule is O=C(O)c1ccc2c(=O)n(-c3cccc(Cl)c3)c(=O)[nH]c2c1. The van der Waals surface area contributed by atoms with Crippen LogP contribution in [0.4, 0.5) is 0 Å². The molecule has 0 aliphatic heterocycles. The Bertz CT molecular complexity index is 1020. The first kappa shape index (κ1) is 14.1. The lowest BCUT2D eigenvalue weighted by atomic mass is 10.1. The maximum atomic E-state index is 12.5. The summed E-state index contributed by atoms with van der Waals surface area (Å²) in [4.78, 5) is 38.1. The summed E-state index contributed by atoms with van der Waals surface area (Å²) in [5, 5.41) is 9.56. The summed E-state index contributed by atoms with van der Waals surface area (Å²) in [6.07, 6.45) is 0. The monoisotopic (exact) mass is 316 g/mol. The number of benzene rings is 2. The van der Waals surface area contributed by atoms with Crippen LogP contribution in [0.1, 0.15) is 10.4 Å². The molecule has 1 heterocycles. The molecule has 0 atom stereocenters. The number of carboxylic acid groups (broad SMARTS) is 1. The second-order valence-corrected chi connectivity index (χ2v) is 5.05. The molecule has 0 bridgehead atoms. The van der Waals surface area contributed by atoms with E-state index in [9.17, 15) is 14.4 Å². The average Bonchev–Trinajstić information content (AvgIpc) is 2.46. The molecule has 0 radical (unpaired) electrons. The Morgan fingerprint density at radius 1 is 1.14 bits per heavy atom. The molecule has 0 aliphatic rings. The lowest BCUT2D eigenvalue weighted by Crippen LogP contribution is -2.33. The number of aromatic amines is 1. The zero-order chi connectivity index (χ0) is 15.9. The fourth-order valence-electron chi connectivity index (χ4n) is 2.20. The number of H-pyrrole nitrogens is 1. The number of carboxylic acids is 1. The topological polar surface area (TPSA) is 92.2 Å². The molecular formula is C15H9ClN2O4. The number of hydrogen-bond acceptors (Lipinski definition) is 3. The first-order chi connectivity index (χ1) is 10.5. The minimum absolute atomic E-state index is 0.0111. The van der Waals surface area contributed by atoms with Gasteiger partial charge in [0, 0.05) is 5.02 Å². The molecule has 110 valence electrons. The first-order valence-electron chi connectivity index (χ1n) is 6.26. The molecule has 0 saturated carbocycles. The highest BCUT2D eigenvalue weighted by molar-refractivity contribution is 6.30. The van der Waals surface area contributed by atoms with Gasteiger partial charge in [-0.05, 0) is 36.4 Å². The lowest BCUT2D eigenvalue weighted by Gasteiger charge is -2.07. The quantitative estimate of drug-likeness (QED) is 0.756. The highest BCUT2D eigenvalue weighted by Crippen LogP contribution is 2.14. The van der Waals surface area contributed by atoms with Crippen LogP contribution in [0.15, 0.2) is 52.1 Å². The molecule has 0 aliphatic carbocycles. The Morgan fingerprint density at radius 2 is 1.91 bits per heavy atom. The van der Waals surface area contributed by atoms with Crippen LogP contribution in [0.25, 0.3) is 16.6 Å². The Morgan fingerprint density at radius 3 is 2.59 bits per heavy atom. The summed E-state index contributed by atoms with van der Waals surface area (Å²) < 4.78 is 0.953. The summed E-state index contributed by atoms with van der Waals surface area (Å²) in [7, 11) is 0. The molecule has 0 spiro atoms. The van der Waals surface area contributed by atoms with Crippen molar-refractivity contribution in [3.05, 3.63) is 73.9 Å². The van der Waals surface area contributed by atoms with Crippen molar-refractivity contribution in [3.63, 3.8) is 0 Å². The Hall–Kier alpha value is -2.86. The van der Waals surface area contributed by atoms with Crippen molar-refractivity contribution in [2.24, 2.45) is 0 Å². The molecular weight excluding hydrogens is 308 g/mol. The number of aromatic carboxylic acids is 1. The molecule has 0 unspecified atom stereocenters. The van der Waals surface area contributed by atoms with Crippen molar-refractivity contribution in [2.45, 2.75) is 0 Å². The predicted octanol–water partition coefficient (Wildman–Crippen LogP) is 2.03. The molecule has 1 aromatic heterocycles. The van der Waals surface area contributed by atoms with E-state index >= 15 is 0 Å². The minimum atomic E-state index is -1.14. The van der Waals surface area contributed by atoms with E-state index in [0.29, 0.717) is 10.7 Å². The van der Waals surface area contributed by atoms with Crippen molar-refractivity contribution in [2.75, 3.05) is 0 Å².